The molecule has 35 heavy (non-hydrogen) atoms. The van der Waals surface area contributed by atoms with E-state index in [1.54, 1.807) is 0 Å². The largest absolute Gasteiger partial charge is 0.399 e. The van der Waals surface area contributed by atoms with Crippen LogP contribution in [0, 0.1) is 0 Å². The minimum Gasteiger partial charge on any atom is -0.399 e. The molecule has 0 radical (unpaired) electrons. The smallest absolute Gasteiger partial charge is 0.0314 e. The molecule has 4 aromatic rings. The lowest BCUT2D eigenvalue weighted by Gasteiger charge is -2.31. The van der Waals surface area contributed by atoms with Gasteiger partial charge in [0.1, 0.15) is 0 Å². The molecule has 0 aliphatic heterocycles. The Morgan fingerprint density at radius 2 is 0.771 bits per heavy atom. The highest BCUT2D eigenvalue weighted by Crippen LogP contribution is 2.37. The van der Waals surface area contributed by atoms with Crippen molar-refractivity contribution < 1.29 is 0 Å². The first-order valence-electron chi connectivity index (χ1n) is 12.8. The minimum absolute atomic E-state index is 0.0136. The molecule has 4 rings (SSSR count). The Kier molecular flexibility index (Phi) is 7.92. The van der Waals surface area contributed by atoms with E-state index in [1.165, 1.54) is 33.4 Å². The maximum atomic E-state index is 5.81. The molecule has 0 atom stereocenters. The second kappa shape index (κ2) is 11.3. The van der Waals surface area contributed by atoms with Crippen LogP contribution >= 0.6 is 0 Å². The van der Waals surface area contributed by atoms with Gasteiger partial charge in [-0.25, -0.2) is 0 Å². The molecule has 0 aliphatic carbocycles. The topological polar surface area (TPSA) is 52.0 Å². The molecular formula is C33H38N2. The van der Waals surface area contributed by atoms with Crippen LogP contribution in [0.1, 0.15) is 60.1 Å². The highest BCUT2D eigenvalue weighted by molar-refractivity contribution is 5.42. The molecule has 0 unspecified atom stereocenters. The van der Waals surface area contributed by atoms with Crippen LogP contribution in [0.3, 0.4) is 0 Å². The number of rotatable bonds is 10. The highest BCUT2D eigenvalue weighted by atomic mass is 14.5. The van der Waals surface area contributed by atoms with Crippen molar-refractivity contribution >= 4 is 11.4 Å². The summed E-state index contributed by atoms with van der Waals surface area (Å²) in [4.78, 5) is 0. The summed E-state index contributed by atoms with van der Waals surface area (Å²) < 4.78 is 0. The summed E-state index contributed by atoms with van der Waals surface area (Å²) in [6.45, 7) is 4.67. The second-order valence-corrected chi connectivity index (χ2v) is 9.96. The number of benzene rings is 4. The van der Waals surface area contributed by atoms with Crippen molar-refractivity contribution in [3.63, 3.8) is 0 Å². The molecule has 2 heteroatoms. The fraction of sp³-hybridized carbons (Fsp3) is 0.273. The first kappa shape index (κ1) is 24.6. The van der Waals surface area contributed by atoms with E-state index in [0.29, 0.717) is 0 Å². The van der Waals surface area contributed by atoms with Crippen molar-refractivity contribution in [1.82, 2.24) is 0 Å². The first-order chi connectivity index (χ1) is 17.0. The van der Waals surface area contributed by atoms with Gasteiger partial charge in [0.05, 0.1) is 0 Å². The van der Waals surface area contributed by atoms with E-state index in [9.17, 15) is 0 Å². The fourth-order valence-corrected chi connectivity index (χ4v) is 4.98. The molecule has 4 aromatic carbocycles. The van der Waals surface area contributed by atoms with Crippen LogP contribution < -0.4 is 11.5 Å². The molecule has 0 saturated heterocycles. The quantitative estimate of drug-likeness (QED) is 0.239. The Labute approximate surface area is 211 Å². The summed E-state index contributed by atoms with van der Waals surface area (Å²) in [5.74, 6) is 0. The van der Waals surface area contributed by atoms with Crippen LogP contribution in [0.2, 0.25) is 0 Å². The lowest BCUT2D eigenvalue weighted by Crippen LogP contribution is -2.23. The highest BCUT2D eigenvalue weighted by Gasteiger charge is 2.27. The van der Waals surface area contributed by atoms with E-state index in [4.69, 9.17) is 11.5 Å². The van der Waals surface area contributed by atoms with E-state index >= 15 is 0 Å². The lowest BCUT2D eigenvalue weighted by molar-refractivity contribution is 0.511. The summed E-state index contributed by atoms with van der Waals surface area (Å²) >= 11 is 0. The van der Waals surface area contributed by atoms with Crippen LogP contribution in [0.4, 0.5) is 11.4 Å². The van der Waals surface area contributed by atoms with Gasteiger partial charge >= 0.3 is 0 Å². The number of aryl methyl sites for hydroxylation is 4. The van der Waals surface area contributed by atoms with E-state index in [1.807, 2.05) is 24.3 Å². The molecule has 0 heterocycles. The van der Waals surface area contributed by atoms with Crippen molar-refractivity contribution in [1.29, 1.82) is 0 Å². The predicted molar refractivity (Wildman–Crippen MR) is 151 cm³/mol. The Hall–Kier alpha value is -3.52. The molecule has 0 bridgehead atoms. The van der Waals surface area contributed by atoms with Gasteiger partial charge in [0.25, 0.3) is 0 Å². The monoisotopic (exact) mass is 462 g/mol. The summed E-state index contributed by atoms with van der Waals surface area (Å²) in [6.07, 6.45) is 6.42. The van der Waals surface area contributed by atoms with E-state index in [2.05, 4.69) is 86.6 Å². The Bertz CT molecular complexity index is 1100. The zero-order valence-corrected chi connectivity index (χ0v) is 21.1. The molecule has 0 aromatic heterocycles. The summed E-state index contributed by atoms with van der Waals surface area (Å²) in [6, 6.07) is 35.0. The Morgan fingerprint density at radius 3 is 1.06 bits per heavy atom. The predicted octanol–water partition coefficient (Wildman–Crippen LogP) is 7.53. The van der Waals surface area contributed by atoms with Crippen LogP contribution in [0.25, 0.3) is 0 Å². The summed E-state index contributed by atoms with van der Waals surface area (Å²) in [5, 5.41) is 0. The average Bonchev–Trinajstić information content (AvgIpc) is 2.89. The molecule has 0 aliphatic rings. The third-order valence-electron chi connectivity index (χ3n) is 7.30. The zero-order chi connectivity index (χ0) is 24.7. The van der Waals surface area contributed by atoms with Crippen molar-refractivity contribution in [2.75, 3.05) is 11.5 Å². The van der Waals surface area contributed by atoms with E-state index in [-0.39, 0.29) is 5.41 Å². The summed E-state index contributed by atoms with van der Waals surface area (Å²) in [5.41, 5.74) is 21.5. The number of hydrogen-bond acceptors (Lipinski definition) is 2. The van der Waals surface area contributed by atoms with Gasteiger partial charge in [-0.15, -0.1) is 0 Å². The van der Waals surface area contributed by atoms with Crippen molar-refractivity contribution in [2.45, 2.75) is 57.8 Å². The Balaban J connectivity index is 1.43. The number of anilines is 2. The molecule has 180 valence electrons. The zero-order valence-electron chi connectivity index (χ0n) is 21.1. The van der Waals surface area contributed by atoms with E-state index < -0.39 is 0 Å². The fourth-order valence-electron chi connectivity index (χ4n) is 4.98. The van der Waals surface area contributed by atoms with Gasteiger partial charge < -0.3 is 11.5 Å². The van der Waals surface area contributed by atoms with Crippen molar-refractivity contribution in [2.24, 2.45) is 0 Å². The van der Waals surface area contributed by atoms with Gasteiger partial charge in [-0.1, -0.05) is 93.1 Å². The molecule has 2 nitrogen and oxygen atoms in total. The maximum absolute atomic E-state index is 5.81. The summed E-state index contributed by atoms with van der Waals surface area (Å²) in [7, 11) is 0. The van der Waals surface area contributed by atoms with Gasteiger partial charge in [-0.05, 0) is 89.8 Å². The molecular weight excluding hydrogens is 424 g/mol. The number of hydrogen-bond donors (Lipinski definition) is 2. The van der Waals surface area contributed by atoms with Crippen LogP contribution in [-0.2, 0) is 31.1 Å². The van der Waals surface area contributed by atoms with Gasteiger partial charge in [0.15, 0.2) is 0 Å². The van der Waals surface area contributed by atoms with Gasteiger partial charge in [0.2, 0.25) is 0 Å². The van der Waals surface area contributed by atoms with Gasteiger partial charge in [-0.2, -0.15) is 0 Å². The standard InChI is InChI=1S/C33H38N2/c1-3-24-33(2,29-16-8-25(9-17-29)4-6-27-12-20-31(34)21-13-27)30-18-10-26(11-19-30)5-7-28-14-22-32(35)23-15-28/h8-23H,3-7,24,34-35H2,1-2H3. The number of nitrogens with two attached hydrogens (primary N) is 2. The average molecular weight is 463 g/mol. The van der Waals surface area contributed by atoms with Crippen LogP contribution in [-0.4, -0.2) is 0 Å². The van der Waals surface area contributed by atoms with E-state index in [0.717, 1.165) is 49.9 Å². The molecule has 0 saturated carbocycles. The number of nitrogen functional groups attached to an aromatic ring is 2. The molecule has 0 fully saturated rings. The second-order valence-electron chi connectivity index (χ2n) is 9.96. The van der Waals surface area contributed by atoms with Crippen molar-refractivity contribution in [3.05, 3.63) is 130 Å². The maximum Gasteiger partial charge on any atom is 0.0314 e. The van der Waals surface area contributed by atoms with Gasteiger partial charge in [-0.3, -0.25) is 0 Å². The SMILES string of the molecule is CCCC(C)(c1ccc(CCc2ccc(N)cc2)cc1)c1ccc(CCc2ccc(N)cc2)cc1. The third-order valence-corrected chi connectivity index (χ3v) is 7.30. The molecule has 0 amide bonds. The molecule has 0 spiro atoms. The Morgan fingerprint density at radius 1 is 0.486 bits per heavy atom. The van der Waals surface area contributed by atoms with Crippen molar-refractivity contribution in [3.8, 4) is 0 Å². The van der Waals surface area contributed by atoms with Crippen LogP contribution in [0.15, 0.2) is 97.1 Å². The normalized spacial score (nSPS) is 11.5. The molecule has 4 N–H and O–H groups in total. The van der Waals surface area contributed by atoms with Gasteiger partial charge in [0, 0.05) is 16.8 Å². The lowest BCUT2D eigenvalue weighted by atomic mass is 9.72. The first-order valence-corrected chi connectivity index (χ1v) is 12.8. The van der Waals surface area contributed by atoms with Crippen LogP contribution in [0.5, 0.6) is 0 Å². The third kappa shape index (κ3) is 6.33. The minimum atomic E-state index is 0.0136.